The maximum Gasteiger partial charge on any atom is 0.232 e. The molecule has 50 heavy (non-hydrogen) atoms. The van der Waals surface area contributed by atoms with Gasteiger partial charge in [0.15, 0.2) is 11.4 Å². The van der Waals surface area contributed by atoms with Crippen molar-refractivity contribution in [2.75, 3.05) is 0 Å². The highest BCUT2D eigenvalue weighted by Crippen LogP contribution is 2.38. The van der Waals surface area contributed by atoms with Crippen LogP contribution >= 0.6 is 0 Å². The molecule has 6 aromatic carbocycles. The molecule has 11 rings (SSSR count). The molecule has 0 spiro atoms. The lowest BCUT2D eigenvalue weighted by atomic mass is 10.0. The number of nitrogens with zero attached hydrogens (tertiary/aromatic N) is 5. The molecule has 11 aromatic rings. The van der Waals surface area contributed by atoms with E-state index in [1.807, 2.05) is 72.8 Å². The Morgan fingerprint density at radius 2 is 1.18 bits per heavy atom. The Balaban J connectivity index is 1.09. The molecular weight excluding hydrogens is 619 g/mol. The minimum absolute atomic E-state index is 0.643. The van der Waals surface area contributed by atoms with E-state index in [1.54, 1.807) is 0 Å². The summed E-state index contributed by atoms with van der Waals surface area (Å²) in [5.41, 5.74) is 12.6. The van der Waals surface area contributed by atoms with Crippen molar-refractivity contribution in [1.29, 1.82) is 0 Å². The van der Waals surface area contributed by atoms with E-state index in [1.165, 1.54) is 0 Å². The second kappa shape index (κ2) is 10.3. The predicted molar refractivity (Wildman–Crippen MR) is 198 cm³/mol. The number of imidazole rings is 2. The van der Waals surface area contributed by atoms with Gasteiger partial charge in [0.1, 0.15) is 27.9 Å². The number of hydrogen-bond donors (Lipinski definition) is 0. The van der Waals surface area contributed by atoms with Crippen molar-refractivity contribution in [2.45, 2.75) is 0 Å². The van der Waals surface area contributed by atoms with E-state index >= 15 is 0 Å². The molecule has 7 nitrogen and oxygen atoms in total. The van der Waals surface area contributed by atoms with Gasteiger partial charge >= 0.3 is 0 Å². The molecule has 0 aliphatic carbocycles. The van der Waals surface area contributed by atoms with Gasteiger partial charge in [0.2, 0.25) is 11.5 Å². The van der Waals surface area contributed by atoms with Crippen molar-refractivity contribution in [3.05, 3.63) is 152 Å². The Morgan fingerprint density at radius 3 is 2.02 bits per heavy atom. The van der Waals surface area contributed by atoms with Crippen LogP contribution in [0.5, 0.6) is 0 Å². The minimum Gasteiger partial charge on any atom is -0.452 e. The third-order valence-electron chi connectivity index (χ3n) is 9.55. The maximum atomic E-state index is 6.44. The molecule has 0 radical (unpaired) electrons. The van der Waals surface area contributed by atoms with Crippen molar-refractivity contribution in [3.8, 4) is 39.5 Å². The van der Waals surface area contributed by atoms with Crippen molar-refractivity contribution in [2.24, 2.45) is 0 Å². The Kier molecular flexibility index (Phi) is 5.54. The molecule has 0 saturated carbocycles. The molecule has 0 amide bonds. The topological polar surface area (TPSA) is 74.3 Å². The van der Waals surface area contributed by atoms with Crippen molar-refractivity contribution in [3.63, 3.8) is 0 Å². The van der Waals surface area contributed by atoms with Crippen LogP contribution in [-0.2, 0) is 0 Å². The van der Waals surface area contributed by atoms with Gasteiger partial charge in [-0.3, -0.25) is 4.40 Å². The molecule has 0 unspecified atom stereocenters. The molecule has 7 heteroatoms. The molecule has 0 bridgehead atoms. The van der Waals surface area contributed by atoms with Crippen LogP contribution in [-0.4, -0.2) is 23.9 Å². The maximum absolute atomic E-state index is 6.44. The summed E-state index contributed by atoms with van der Waals surface area (Å²) in [6.45, 7) is 0. The van der Waals surface area contributed by atoms with E-state index in [-0.39, 0.29) is 0 Å². The average Bonchev–Trinajstić information content (AvgIpc) is 3.92. The second-order valence-electron chi connectivity index (χ2n) is 12.5. The van der Waals surface area contributed by atoms with E-state index in [0.717, 1.165) is 89.1 Å². The van der Waals surface area contributed by atoms with Crippen LogP contribution in [0.15, 0.2) is 160 Å². The van der Waals surface area contributed by atoms with Crippen LogP contribution in [0.25, 0.3) is 101 Å². The molecule has 0 aliphatic heterocycles. The summed E-state index contributed by atoms with van der Waals surface area (Å²) in [5.74, 6) is 1.45. The van der Waals surface area contributed by atoms with E-state index in [0.29, 0.717) is 11.4 Å². The fourth-order valence-electron chi connectivity index (χ4n) is 7.25. The first-order chi connectivity index (χ1) is 24.8. The summed E-state index contributed by atoms with van der Waals surface area (Å²) in [5, 5.41) is 2.02. The second-order valence-corrected chi connectivity index (χ2v) is 12.5. The Bertz CT molecular complexity index is 3100. The van der Waals surface area contributed by atoms with E-state index in [9.17, 15) is 0 Å². The fourth-order valence-corrected chi connectivity index (χ4v) is 7.25. The Hall–Kier alpha value is -6.99. The Morgan fingerprint density at radius 1 is 0.500 bits per heavy atom. The van der Waals surface area contributed by atoms with E-state index in [4.69, 9.17) is 23.8 Å². The summed E-state index contributed by atoms with van der Waals surface area (Å²) < 4.78 is 17.1. The monoisotopic (exact) mass is 643 g/mol. The predicted octanol–water partition coefficient (Wildman–Crippen LogP) is 10.9. The highest BCUT2D eigenvalue weighted by atomic mass is 16.3. The number of fused-ring (bicyclic) bond motifs is 10. The lowest BCUT2D eigenvalue weighted by molar-refractivity contribution is 0.645. The number of furan rings is 2. The number of benzene rings is 6. The molecule has 5 aromatic heterocycles. The number of para-hydroxylation sites is 3. The van der Waals surface area contributed by atoms with E-state index in [2.05, 4.69) is 87.8 Å². The average molecular weight is 644 g/mol. The van der Waals surface area contributed by atoms with Crippen LogP contribution in [0.2, 0.25) is 0 Å². The smallest absolute Gasteiger partial charge is 0.232 e. The van der Waals surface area contributed by atoms with Gasteiger partial charge in [-0.15, -0.1) is 0 Å². The molecular formula is C43H25N5O2. The first-order valence-corrected chi connectivity index (χ1v) is 16.5. The summed E-state index contributed by atoms with van der Waals surface area (Å²) in [6, 6.07) is 51.5. The quantitative estimate of drug-likeness (QED) is 0.191. The zero-order chi connectivity index (χ0) is 32.8. The summed E-state index contributed by atoms with van der Waals surface area (Å²) in [6.07, 6.45) is 0. The molecule has 0 atom stereocenters. The third kappa shape index (κ3) is 3.88. The van der Waals surface area contributed by atoms with Crippen LogP contribution in [0, 0.1) is 0 Å². The SMILES string of the molecule is c1ccc(-c2nc(-c3cccc(-c4ccc5c(c4)nc4n(-c6ccccc6)c6oc7ccccc7c6n54)c3)nc3c2oc2ccccc23)cc1. The zero-order valence-corrected chi connectivity index (χ0v) is 26.5. The van der Waals surface area contributed by atoms with Crippen molar-refractivity contribution < 1.29 is 8.83 Å². The molecule has 234 valence electrons. The van der Waals surface area contributed by atoms with Gasteiger partial charge in [0.25, 0.3) is 0 Å². The molecule has 0 fully saturated rings. The first kappa shape index (κ1) is 27.0. The highest BCUT2D eigenvalue weighted by Gasteiger charge is 2.23. The van der Waals surface area contributed by atoms with Gasteiger partial charge in [-0.25, -0.2) is 19.5 Å². The van der Waals surface area contributed by atoms with Crippen LogP contribution in [0.3, 0.4) is 0 Å². The largest absolute Gasteiger partial charge is 0.452 e. The number of rotatable bonds is 4. The normalized spacial score (nSPS) is 12.0. The lowest BCUT2D eigenvalue weighted by Crippen LogP contribution is -1.94. The first-order valence-electron chi connectivity index (χ1n) is 16.5. The van der Waals surface area contributed by atoms with Gasteiger partial charge in [0, 0.05) is 21.9 Å². The van der Waals surface area contributed by atoms with Gasteiger partial charge in [-0.2, -0.15) is 0 Å². The molecule has 5 heterocycles. The minimum atomic E-state index is 0.643. The number of aromatic nitrogens is 5. The van der Waals surface area contributed by atoms with Gasteiger partial charge in [0.05, 0.1) is 16.7 Å². The summed E-state index contributed by atoms with van der Waals surface area (Å²) in [7, 11) is 0. The molecule has 0 N–H and O–H groups in total. The standard InChI is InChI=1S/C43H25N5O2/c1-3-12-26(13-4-1)37-40-38(31-18-7-9-20-35(31)49-40)46-41(45-37)29-15-11-14-27(24-29)28-22-23-34-33(25-28)44-43-47(30-16-5-2-6-17-30)42-39(48(34)43)32-19-8-10-21-36(32)50-42/h1-25H. The van der Waals surface area contributed by atoms with Gasteiger partial charge < -0.3 is 8.83 Å². The van der Waals surface area contributed by atoms with Crippen molar-refractivity contribution in [1.82, 2.24) is 23.9 Å². The highest BCUT2D eigenvalue weighted by molar-refractivity contribution is 6.08. The van der Waals surface area contributed by atoms with Crippen LogP contribution in [0.1, 0.15) is 0 Å². The van der Waals surface area contributed by atoms with Crippen LogP contribution < -0.4 is 0 Å². The van der Waals surface area contributed by atoms with Crippen LogP contribution in [0.4, 0.5) is 0 Å². The Labute approximate surface area is 284 Å². The molecule has 0 aliphatic rings. The fraction of sp³-hybridized carbons (Fsp3) is 0. The zero-order valence-electron chi connectivity index (χ0n) is 26.5. The van der Waals surface area contributed by atoms with Gasteiger partial charge in [-0.05, 0) is 65.7 Å². The molecule has 0 saturated heterocycles. The van der Waals surface area contributed by atoms with Gasteiger partial charge in [-0.1, -0.05) is 97.1 Å². The summed E-state index contributed by atoms with van der Waals surface area (Å²) >= 11 is 0. The van der Waals surface area contributed by atoms with E-state index < -0.39 is 0 Å². The summed E-state index contributed by atoms with van der Waals surface area (Å²) in [4.78, 5) is 15.4. The van der Waals surface area contributed by atoms with Crippen molar-refractivity contribution >= 4 is 61.1 Å². The lowest BCUT2D eigenvalue weighted by Gasteiger charge is -2.08. The third-order valence-corrected chi connectivity index (χ3v) is 9.55. The number of hydrogen-bond acceptors (Lipinski definition) is 5.